The van der Waals surface area contributed by atoms with Crippen LogP contribution in [0.5, 0.6) is 0 Å². The Kier molecular flexibility index (Phi) is 4.33. The summed E-state index contributed by atoms with van der Waals surface area (Å²) in [6, 6.07) is 12.2. The van der Waals surface area contributed by atoms with Gasteiger partial charge in [0.15, 0.2) is 0 Å². The quantitative estimate of drug-likeness (QED) is 0.572. The molecule has 2 aromatic heterocycles. The number of benzene rings is 2. The lowest BCUT2D eigenvalue weighted by atomic mass is 10.1. The highest BCUT2D eigenvalue weighted by Crippen LogP contribution is 2.28. The van der Waals surface area contributed by atoms with E-state index in [1.807, 2.05) is 25.1 Å². The number of nitrogens with zero attached hydrogens (tertiary/aromatic N) is 4. The first-order valence-corrected chi connectivity index (χ1v) is 8.45. The van der Waals surface area contributed by atoms with Crippen molar-refractivity contribution in [1.82, 2.24) is 19.9 Å². The largest absolute Gasteiger partial charge is 0.368 e. The number of fused-ring (bicyclic) bond motifs is 1. The van der Waals surface area contributed by atoms with E-state index in [2.05, 4.69) is 25.3 Å². The molecule has 0 aliphatic heterocycles. The van der Waals surface area contributed by atoms with Gasteiger partial charge in [0.25, 0.3) is 0 Å². The number of hydrogen-bond donors (Lipinski definition) is 2. The minimum absolute atomic E-state index is 0.0489. The fourth-order valence-electron chi connectivity index (χ4n) is 2.88. The van der Waals surface area contributed by atoms with E-state index < -0.39 is 0 Å². The van der Waals surface area contributed by atoms with Crippen LogP contribution in [-0.2, 0) is 0 Å². The topological polar surface area (TPSA) is 89.6 Å². The summed E-state index contributed by atoms with van der Waals surface area (Å²) in [5.74, 6) is 0.683. The van der Waals surface area contributed by atoms with Crippen molar-refractivity contribution in [3.8, 4) is 11.1 Å². The summed E-state index contributed by atoms with van der Waals surface area (Å²) in [5.41, 5.74) is 9.14. The van der Waals surface area contributed by atoms with E-state index in [4.69, 9.17) is 5.73 Å². The van der Waals surface area contributed by atoms with Crippen LogP contribution in [0.2, 0.25) is 0 Å². The molecule has 4 aromatic rings. The van der Waals surface area contributed by atoms with Crippen molar-refractivity contribution in [3.63, 3.8) is 0 Å². The van der Waals surface area contributed by atoms with E-state index in [1.54, 1.807) is 24.5 Å². The fraction of sp³-hybridized carbons (Fsp3) is 0.100. The van der Waals surface area contributed by atoms with Crippen LogP contribution in [0.25, 0.3) is 22.0 Å². The maximum atomic E-state index is 13.2. The SMILES string of the molecule is C[C@@H](Nc1ncnc2ccc(-c3cnc(N)nc3)cc12)c1ccc(F)cc1. The molecule has 4 rings (SSSR count). The zero-order chi connectivity index (χ0) is 18.8. The summed E-state index contributed by atoms with van der Waals surface area (Å²) in [4.78, 5) is 16.8. The summed E-state index contributed by atoms with van der Waals surface area (Å²) in [6.07, 6.45) is 4.89. The van der Waals surface area contributed by atoms with Crippen molar-refractivity contribution in [3.05, 3.63) is 72.6 Å². The van der Waals surface area contributed by atoms with Crippen LogP contribution in [0.1, 0.15) is 18.5 Å². The normalized spacial score (nSPS) is 12.1. The van der Waals surface area contributed by atoms with Crippen LogP contribution in [0, 0.1) is 5.82 Å². The van der Waals surface area contributed by atoms with Gasteiger partial charge in [0.1, 0.15) is 18.0 Å². The molecule has 0 bridgehead atoms. The van der Waals surface area contributed by atoms with Crippen LogP contribution in [0.4, 0.5) is 16.2 Å². The van der Waals surface area contributed by atoms with E-state index in [0.29, 0.717) is 5.82 Å². The highest BCUT2D eigenvalue weighted by Gasteiger charge is 2.11. The molecule has 0 spiro atoms. The van der Waals surface area contributed by atoms with Gasteiger partial charge in [-0.15, -0.1) is 0 Å². The predicted octanol–water partition coefficient (Wildman–Crippen LogP) is 3.98. The molecule has 0 aliphatic carbocycles. The predicted molar refractivity (Wildman–Crippen MR) is 103 cm³/mol. The van der Waals surface area contributed by atoms with E-state index in [1.165, 1.54) is 18.5 Å². The standard InChI is InChI=1S/C20H17FN6/c1-12(13-2-5-16(21)6-3-13)27-19-17-8-14(4-7-18(17)25-11-26-19)15-9-23-20(22)24-10-15/h2-12H,1H3,(H2,22,23,24)(H,25,26,27)/t12-/m1/s1. The second-order valence-electron chi connectivity index (χ2n) is 6.20. The van der Waals surface area contributed by atoms with Crippen molar-refractivity contribution in [2.75, 3.05) is 11.1 Å². The van der Waals surface area contributed by atoms with Crippen molar-refractivity contribution < 1.29 is 4.39 Å². The van der Waals surface area contributed by atoms with Gasteiger partial charge in [0.05, 0.1) is 5.52 Å². The van der Waals surface area contributed by atoms with Gasteiger partial charge < -0.3 is 11.1 Å². The molecule has 0 fully saturated rings. The van der Waals surface area contributed by atoms with E-state index in [9.17, 15) is 4.39 Å². The van der Waals surface area contributed by atoms with Crippen molar-refractivity contribution in [2.45, 2.75) is 13.0 Å². The van der Waals surface area contributed by atoms with Crippen LogP contribution in [0.3, 0.4) is 0 Å². The van der Waals surface area contributed by atoms with Gasteiger partial charge in [0, 0.05) is 29.4 Å². The molecule has 0 aliphatic rings. The molecule has 0 saturated carbocycles. The highest BCUT2D eigenvalue weighted by atomic mass is 19.1. The summed E-state index contributed by atoms with van der Waals surface area (Å²) in [6.45, 7) is 2.00. The Hall–Kier alpha value is -3.61. The number of aromatic nitrogens is 4. The second kappa shape index (κ2) is 6.95. The van der Waals surface area contributed by atoms with Crippen LogP contribution >= 0.6 is 0 Å². The first-order valence-electron chi connectivity index (χ1n) is 8.45. The molecule has 0 radical (unpaired) electrons. The van der Waals surface area contributed by atoms with Crippen molar-refractivity contribution in [1.29, 1.82) is 0 Å². The summed E-state index contributed by atoms with van der Waals surface area (Å²) in [7, 11) is 0. The molecule has 0 saturated heterocycles. The number of halogens is 1. The monoisotopic (exact) mass is 360 g/mol. The van der Waals surface area contributed by atoms with Gasteiger partial charge in [-0.3, -0.25) is 0 Å². The van der Waals surface area contributed by atoms with Gasteiger partial charge in [-0.1, -0.05) is 18.2 Å². The van der Waals surface area contributed by atoms with Crippen LogP contribution in [-0.4, -0.2) is 19.9 Å². The first-order chi connectivity index (χ1) is 13.1. The molecule has 6 nitrogen and oxygen atoms in total. The third-order valence-electron chi connectivity index (χ3n) is 4.36. The Balaban J connectivity index is 1.70. The Labute approximate surface area is 155 Å². The molecule has 2 heterocycles. The minimum Gasteiger partial charge on any atom is -0.368 e. The average molecular weight is 360 g/mol. The Morgan fingerprint density at radius 3 is 2.41 bits per heavy atom. The number of nitrogens with two attached hydrogens (primary N) is 1. The molecule has 2 aromatic carbocycles. The third-order valence-corrected chi connectivity index (χ3v) is 4.36. The second-order valence-corrected chi connectivity index (χ2v) is 6.20. The van der Waals surface area contributed by atoms with E-state index in [0.717, 1.165) is 27.6 Å². The Morgan fingerprint density at radius 1 is 0.926 bits per heavy atom. The summed E-state index contributed by atoms with van der Waals surface area (Å²) in [5, 5.41) is 4.26. The van der Waals surface area contributed by atoms with Crippen molar-refractivity contribution >= 4 is 22.7 Å². The Morgan fingerprint density at radius 2 is 1.67 bits per heavy atom. The number of hydrogen-bond acceptors (Lipinski definition) is 6. The number of anilines is 2. The lowest BCUT2D eigenvalue weighted by Crippen LogP contribution is -2.08. The maximum Gasteiger partial charge on any atom is 0.219 e. The van der Waals surface area contributed by atoms with Crippen molar-refractivity contribution in [2.24, 2.45) is 0 Å². The molecule has 7 heteroatoms. The zero-order valence-electron chi connectivity index (χ0n) is 14.6. The van der Waals surface area contributed by atoms with Gasteiger partial charge >= 0.3 is 0 Å². The summed E-state index contributed by atoms with van der Waals surface area (Å²) >= 11 is 0. The smallest absolute Gasteiger partial charge is 0.219 e. The van der Waals surface area contributed by atoms with Gasteiger partial charge in [-0.2, -0.15) is 0 Å². The van der Waals surface area contributed by atoms with Crippen LogP contribution < -0.4 is 11.1 Å². The van der Waals surface area contributed by atoms with Gasteiger partial charge in [0.2, 0.25) is 5.95 Å². The number of nitrogens with one attached hydrogen (secondary N) is 1. The van der Waals surface area contributed by atoms with Crippen LogP contribution in [0.15, 0.2) is 61.2 Å². The molecule has 27 heavy (non-hydrogen) atoms. The fourth-order valence-corrected chi connectivity index (χ4v) is 2.88. The molecule has 134 valence electrons. The molecule has 0 amide bonds. The molecular weight excluding hydrogens is 343 g/mol. The summed E-state index contributed by atoms with van der Waals surface area (Å²) < 4.78 is 13.2. The third kappa shape index (κ3) is 3.52. The Bertz CT molecular complexity index is 1080. The molecule has 3 N–H and O–H groups in total. The first kappa shape index (κ1) is 16.8. The molecule has 1 atom stereocenters. The van der Waals surface area contributed by atoms with Gasteiger partial charge in [-0.05, 0) is 42.3 Å². The van der Waals surface area contributed by atoms with E-state index >= 15 is 0 Å². The zero-order valence-corrected chi connectivity index (χ0v) is 14.6. The minimum atomic E-state index is -0.256. The maximum absolute atomic E-state index is 13.2. The number of rotatable bonds is 4. The average Bonchev–Trinajstić information content (AvgIpc) is 2.69. The highest BCUT2D eigenvalue weighted by molar-refractivity contribution is 5.92. The molecule has 0 unspecified atom stereocenters. The van der Waals surface area contributed by atoms with Gasteiger partial charge in [-0.25, -0.2) is 24.3 Å². The van der Waals surface area contributed by atoms with E-state index in [-0.39, 0.29) is 17.8 Å². The lowest BCUT2D eigenvalue weighted by Gasteiger charge is -2.16. The molecular formula is C20H17FN6. The lowest BCUT2D eigenvalue weighted by molar-refractivity contribution is 0.626. The number of nitrogen functional groups attached to an aromatic ring is 1.